The van der Waals surface area contributed by atoms with Crippen LogP contribution in [0.4, 0.5) is 11.4 Å². The third-order valence-electron chi connectivity index (χ3n) is 5.50. The van der Waals surface area contributed by atoms with Gasteiger partial charge in [-0.3, -0.25) is 23.9 Å². The first-order valence-corrected chi connectivity index (χ1v) is 12.3. The average molecular weight is 493 g/mol. The van der Waals surface area contributed by atoms with E-state index in [0.717, 1.165) is 5.56 Å². The molecule has 4 aromatic rings. The molecule has 1 aromatic heterocycles. The molecule has 35 heavy (non-hydrogen) atoms. The molecule has 0 atom stereocenters. The summed E-state index contributed by atoms with van der Waals surface area (Å²) >= 11 is 0. The zero-order valence-corrected chi connectivity index (χ0v) is 20.0. The van der Waals surface area contributed by atoms with Crippen molar-refractivity contribution in [3.05, 3.63) is 98.7 Å². The minimum atomic E-state index is -3.89. The average Bonchev–Trinajstić information content (AvgIpc) is 2.80. The zero-order chi connectivity index (χ0) is 25.2. The Hall–Kier alpha value is -4.18. The van der Waals surface area contributed by atoms with E-state index in [4.69, 9.17) is 0 Å². The number of amides is 1. The normalized spacial score (nSPS) is 11.4. The number of sulfonamides is 1. The van der Waals surface area contributed by atoms with E-state index in [1.165, 1.54) is 10.6 Å². The number of hydrogen-bond donors (Lipinski definition) is 3. The number of aromatic amines is 1. The van der Waals surface area contributed by atoms with Gasteiger partial charge in [0.1, 0.15) is 0 Å². The molecule has 0 bridgehead atoms. The van der Waals surface area contributed by atoms with E-state index >= 15 is 0 Å². The number of hydrogen-bond acceptors (Lipinski definition) is 5. The summed E-state index contributed by atoms with van der Waals surface area (Å²) in [6.07, 6.45) is -0.0621. The lowest BCUT2D eigenvalue weighted by atomic mass is 10.2. The fraction of sp³-hybridized carbons (Fsp3) is 0.160. The fourth-order valence-corrected chi connectivity index (χ4v) is 5.11. The first-order valence-electron chi connectivity index (χ1n) is 10.9. The summed E-state index contributed by atoms with van der Waals surface area (Å²) in [6, 6.07) is 18.3. The molecule has 0 aliphatic heterocycles. The van der Waals surface area contributed by atoms with E-state index in [-0.39, 0.29) is 17.9 Å². The fourth-order valence-electron chi connectivity index (χ4n) is 3.79. The molecule has 180 valence electrons. The monoisotopic (exact) mass is 492 g/mol. The van der Waals surface area contributed by atoms with Crippen LogP contribution in [0.2, 0.25) is 0 Å². The lowest BCUT2D eigenvalue weighted by Crippen LogP contribution is -2.31. The molecule has 0 fully saturated rings. The van der Waals surface area contributed by atoms with E-state index in [0.29, 0.717) is 27.8 Å². The molecule has 0 spiro atoms. The predicted octanol–water partition coefficient (Wildman–Crippen LogP) is 3.14. The molecule has 3 aromatic carbocycles. The Labute approximate surface area is 201 Å². The molecule has 10 heteroatoms. The first kappa shape index (κ1) is 24.0. The second-order valence-corrected chi connectivity index (χ2v) is 9.83. The zero-order valence-electron chi connectivity index (χ0n) is 19.2. The van der Waals surface area contributed by atoms with Crippen molar-refractivity contribution in [2.75, 3.05) is 10.0 Å². The van der Waals surface area contributed by atoms with Crippen LogP contribution in [0.1, 0.15) is 17.5 Å². The number of nitrogens with one attached hydrogen (secondary N) is 3. The number of carbonyl (C=O) groups is 1. The highest BCUT2D eigenvalue weighted by Gasteiger charge is 2.18. The van der Waals surface area contributed by atoms with Crippen LogP contribution in [0.3, 0.4) is 0 Å². The molecule has 3 N–H and O–H groups in total. The van der Waals surface area contributed by atoms with Gasteiger partial charge in [0.2, 0.25) is 5.91 Å². The number of para-hydroxylation sites is 1. The van der Waals surface area contributed by atoms with E-state index in [1.54, 1.807) is 61.5 Å². The number of aryl methyl sites for hydroxylation is 3. The first-order chi connectivity index (χ1) is 16.6. The van der Waals surface area contributed by atoms with Crippen molar-refractivity contribution in [2.24, 2.45) is 0 Å². The van der Waals surface area contributed by atoms with Gasteiger partial charge >= 0.3 is 5.69 Å². The minimum absolute atomic E-state index is 0.0356. The largest absolute Gasteiger partial charge is 0.328 e. The maximum atomic E-state index is 13.0. The van der Waals surface area contributed by atoms with E-state index in [2.05, 4.69) is 15.0 Å². The number of carbonyl (C=O) groups excluding carboxylic acids is 1. The highest BCUT2D eigenvalue weighted by Crippen LogP contribution is 2.23. The summed E-state index contributed by atoms with van der Waals surface area (Å²) in [5, 5.41) is 3.03. The highest BCUT2D eigenvalue weighted by molar-refractivity contribution is 7.92. The number of aromatic nitrogens is 2. The number of nitrogens with zero attached hydrogens (tertiary/aromatic N) is 1. The summed E-state index contributed by atoms with van der Waals surface area (Å²) in [5.74, 6) is -0.411. The van der Waals surface area contributed by atoms with Crippen LogP contribution in [-0.4, -0.2) is 23.9 Å². The maximum Gasteiger partial charge on any atom is 0.328 e. The van der Waals surface area contributed by atoms with Crippen LogP contribution in [0.5, 0.6) is 0 Å². The van der Waals surface area contributed by atoms with Crippen molar-refractivity contribution < 1.29 is 13.2 Å². The smallest absolute Gasteiger partial charge is 0.326 e. The molecular formula is C25H24N4O5S. The topological polar surface area (TPSA) is 130 Å². The minimum Gasteiger partial charge on any atom is -0.326 e. The summed E-state index contributed by atoms with van der Waals surface area (Å²) in [6.45, 7) is 3.57. The molecule has 0 saturated heterocycles. The molecule has 0 radical (unpaired) electrons. The van der Waals surface area contributed by atoms with Crippen LogP contribution < -0.4 is 21.3 Å². The Morgan fingerprint density at radius 2 is 1.71 bits per heavy atom. The highest BCUT2D eigenvalue weighted by atomic mass is 32.2. The van der Waals surface area contributed by atoms with Gasteiger partial charge in [0.05, 0.1) is 15.8 Å². The van der Waals surface area contributed by atoms with Crippen LogP contribution in [0.25, 0.3) is 10.9 Å². The summed E-state index contributed by atoms with van der Waals surface area (Å²) in [5.41, 5.74) is 1.53. The number of H-pyrrole nitrogens is 1. The summed E-state index contributed by atoms with van der Waals surface area (Å²) < 4.78 is 29.9. The Morgan fingerprint density at radius 1 is 0.943 bits per heavy atom. The molecule has 9 nitrogen and oxygen atoms in total. The van der Waals surface area contributed by atoms with E-state index in [1.807, 2.05) is 13.0 Å². The maximum absolute atomic E-state index is 13.0. The second kappa shape index (κ2) is 9.59. The van der Waals surface area contributed by atoms with Gasteiger partial charge in [-0.15, -0.1) is 0 Å². The number of benzene rings is 3. The molecule has 1 amide bonds. The van der Waals surface area contributed by atoms with Crippen molar-refractivity contribution in [2.45, 2.75) is 31.7 Å². The number of anilines is 2. The van der Waals surface area contributed by atoms with Crippen molar-refractivity contribution in [1.82, 2.24) is 9.55 Å². The molecule has 0 unspecified atom stereocenters. The lowest BCUT2D eigenvalue weighted by Gasteiger charge is -2.13. The van der Waals surface area contributed by atoms with Gasteiger partial charge in [0.25, 0.3) is 15.6 Å². The van der Waals surface area contributed by atoms with Gasteiger partial charge in [-0.05, 0) is 61.4 Å². The van der Waals surface area contributed by atoms with Gasteiger partial charge in [-0.2, -0.15) is 0 Å². The van der Waals surface area contributed by atoms with Crippen LogP contribution in [0, 0.1) is 13.8 Å². The molecule has 1 heterocycles. The van der Waals surface area contributed by atoms with Gasteiger partial charge in [-0.1, -0.05) is 30.3 Å². The van der Waals surface area contributed by atoms with Gasteiger partial charge in [-0.25, -0.2) is 13.2 Å². The number of fused-ring (bicyclic) bond motifs is 1. The Morgan fingerprint density at radius 3 is 2.49 bits per heavy atom. The third kappa shape index (κ3) is 5.33. The quantitative estimate of drug-likeness (QED) is 0.365. The summed E-state index contributed by atoms with van der Waals surface area (Å²) in [7, 11) is -3.89. The molecule has 0 saturated carbocycles. The van der Waals surface area contributed by atoms with Gasteiger partial charge in [0, 0.05) is 24.3 Å². The third-order valence-corrected chi connectivity index (χ3v) is 7.02. The Bertz CT molecular complexity index is 1650. The van der Waals surface area contributed by atoms with E-state index in [9.17, 15) is 22.8 Å². The Balaban J connectivity index is 1.51. The van der Waals surface area contributed by atoms with Gasteiger partial charge in [0.15, 0.2) is 0 Å². The SMILES string of the molecule is Cc1cccc(NS(=O)(=O)c2cc(NC(=O)CCn3c(=O)[nH]c(=O)c4ccccc43)ccc2C)c1. The Kier molecular flexibility index (Phi) is 6.57. The summed E-state index contributed by atoms with van der Waals surface area (Å²) in [4.78, 5) is 39.2. The second-order valence-electron chi connectivity index (χ2n) is 8.18. The van der Waals surface area contributed by atoms with Crippen LogP contribution >= 0.6 is 0 Å². The predicted molar refractivity (Wildman–Crippen MR) is 135 cm³/mol. The lowest BCUT2D eigenvalue weighted by molar-refractivity contribution is -0.116. The van der Waals surface area contributed by atoms with Crippen LogP contribution in [-0.2, 0) is 21.4 Å². The standard InChI is InChI=1S/C25H24N4O5S/c1-16-6-5-7-19(14-16)28-35(33,34)22-15-18(11-10-17(22)2)26-23(30)12-13-29-21-9-4-3-8-20(21)24(31)27-25(29)32/h3-11,14-15,28H,12-13H2,1-2H3,(H,26,30)(H,27,31,32). The van der Waals surface area contributed by atoms with Crippen molar-refractivity contribution in [3.63, 3.8) is 0 Å². The van der Waals surface area contributed by atoms with Crippen molar-refractivity contribution in [1.29, 1.82) is 0 Å². The van der Waals surface area contributed by atoms with Crippen molar-refractivity contribution >= 4 is 38.2 Å². The van der Waals surface area contributed by atoms with Crippen LogP contribution in [0.15, 0.2) is 81.2 Å². The molecular weight excluding hydrogens is 468 g/mol. The molecule has 4 rings (SSSR count). The van der Waals surface area contributed by atoms with Crippen molar-refractivity contribution in [3.8, 4) is 0 Å². The number of rotatable bonds is 7. The van der Waals surface area contributed by atoms with Gasteiger partial charge < -0.3 is 5.32 Å². The molecule has 0 aliphatic carbocycles. The van der Waals surface area contributed by atoms with E-state index < -0.39 is 27.2 Å². The molecule has 0 aliphatic rings.